The van der Waals surface area contributed by atoms with Crippen LogP contribution in [0.4, 0.5) is 10.5 Å². The van der Waals surface area contributed by atoms with E-state index in [4.69, 9.17) is 4.74 Å². The lowest BCUT2D eigenvalue weighted by molar-refractivity contribution is -0.126. The monoisotopic (exact) mass is 494 g/mol. The Balaban J connectivity index is 1.55. The van der Waals surface area contributed by atoms with Crippen LogP contribution in [-0.2, 0) is 17.4 Å². The van der Waals surface area contributed by atoms with Crippen LogP contribution in [0.25, 0.3) is 22.5 Å². The van der Waals surface area contributed by atoms with Crippen molar-refractivity contribution >= 4 is 29.0 Å². The van der Waals surface area contributed by atoms with E-state index >= 15 is 0 Å². The molecule has 0 spiro atoms. The topological polar surface area (TPSA) is 105 Å². The Morgan fingerprint density at radius 3 is 2.35 bits per heavy atom. The maximum absolute atomic E-state index is 13.0. The molecule has 1 amide bonds. The number of esters is 1. The summed E-state index contributed by atoms with van der Waals surface area (Å²) in [5, 5.41) is 15.1. The summed E-state index contributed by atoms with van der Waals surface area (Å²) < 4.78 is 7.43. The van der Waals surface area contributed by atoms with Gasteiger partial charge in [-0.2, -0.15) is 0 Å². The van der Waals surface area contributed by atoms with Crippen molar-refractivity contribution < 1.29 is 19.4 Å². The van der Waals surface area contributed by atoms with Crippen LogP contribution in [-0.4, -0.2) is 26.7 Å². The molecule has 5 rings (SSSR count). The Labute approximate surface area is 214 Å². The molecule has 3 N–H and O–H groups in total. The third-order valence-electron chi connectivity index (χ3n) is 6.28. The number of hydrogen-bond acceptors (Lipinski definition) is 5. The SMILES string of the molecule is Cn1cnc(-c2ccc(N/C(=C3\C(=O)Oc4ccccc43)c3ccc(C(C)(C)NC(=O)O)cc3)cc2)c1. The summed E-state index contributed by atoms with van der Waals surface area (Å²) in [6, 6.07) is 22.6. The lowest BCUT2D eigenvalue weighted by Crippen LogP contribution is -2.40. The quantitative estimate of drug-likeness (QED) is 0.186. The van der Waals surface area contributed by atoms with Gasteiger partial charge in [0.05, 0.1) is 28.8 Å². The number of hydrogen-bond donors (Lipinski definition) is 3. The molecule has 0 atom stereocenters. The van der Waals surface area contributed by atoms with Crippen molar-refractivity contribution in [3.63, 3.8) is 0 Å². The lowest BCUT2D eigenvalue weighted by atomic mass is 9.92. The molecule has 3 aromatic carbocycles. The van der Waals surface area contributed by atoms with E-state index in [1.807, 2.05) is 84.5 Å². The van der Waals surface area contributed by atoms with Gasteiger partial charge in [0, 0.05) is 30.1 Å². The van der Waals surface area contributed by atoms with E-state index in [0.717, 1.165) is 28.1 Å². The molecule has 8 heteroatoms. The molecule has 0 fully saturated rings. The first kappa shape index (κ1) is 23.9. The molecule has 1 aliphatic rings. The zero-order valence-corrected chi connectivity index (χ0v) is 20.6. The standard InChI is InChI=1S/C29H26N4O4/c1-29(2,32-28(35)36)20-12-8-19(9-13-20)26(25-22-6-4-5-7-24(22)37-27(25)34)31-21-14-10-18(11-15-21)23-16-33(3)17-30-23/h4-17,31-32H,1-3H3,(H,35,36)/b26-25-. The molecule has 0 radical (unpaired) electrons. The van der Waals surface area contributed by atoms with E-state index in [0.29, 0.717) is 22.6 Å². The van der Waals surface area contributed by atoms with Crippen molar-refractivity contribution in [3.05, 3.63) is 102 Å². The predicted molar refractivity (Wildman–Crippen MR) is 142 cm³/mol. The van der Waals surface area contributed by atoms with Crippen LogP contribution in [0.2, 0.25) is 0 Å². The molecular weight excluding hydrogens is 468 g/mol. The number of imidazole rings is 1. The van der Waals surface area contributed by atoms with E-state index < -0.39 is 17.6 Å². The van der Waals surface area contributed by atoms with Crippen molar-refractivity contribution in [2.24, 2.45) is 7.05 Å². The Morgan fingerprint density at radius 1 is 1.00 bits per heavy atom. The number of benzene rings is 3. The Bertz CT molecular complexity index is 1520. The molecule has 0 bridgehead atoms. The molecule has 2 heterocycles. The average molecular weight is 495 g/mol. The van der Waals surface area contributed by atoms with Crippen LogP contribution in [0.3, 0.4) is 0 Å². The molecule has 37 heavy (non-hydrogen) atoms. The van der Waals surface area contributed by atoms with Crippen LogP contribution in [0, 0.1) is 0 Å². The van der Waals surface area contributed by atoms with Crippen molar-refractivity contribution in [2.75, 3.05) is 5.32 Å². The molecule has 1 aliphatic heterocycles. The van der Waals surface area contributed by atoms with Gasteiger partial charge >= 0.3 is 12.1 Å². The minimum Gasteiger partial charge on any atom is -0.465 e. The first-order chi connectivity index (χ1) is 17.7. The molecule has 1 aromatic heterocycles. The summed E-state index contributed by atoms with van der Waals surface area (Å²) in [4.78, 5) is 28.6. The van der Waals surface area contributed by atoms with Gasteiger partial charge in [0.1, 0.15) is 5.75 Å². The van der Waals surface area contributed by atoms with Crippen molar-refractivity contribution in [2.45, 2.75) is 19.4 Å². The smallest absolute Gasteiger partial charge is 0.405 e. The minimum absolute atomic E-state index is 0.431. The summed E-state index contributed by atoms with van der Waals surface area (Å²) in [6.07, 6.45) is 2.60. The van der Waals surface area contributed by atoms with Crippen molar-refractivity contribution in [3.8, 4) is 17.0 Å². The average Bonchev–Trinajstić information content (AvgIpc) is 3.44. The zero-order chi connectivity index (χ0) is 26.2. The summed E-state index contributed by atoms with van der Waals surface area (Å²) in [5.41, 5.74) is 5.12. The first-order valence-electron chi connectivity index (χ1n) is 11.7. The van der Waals surface area contributed by atoms with Gasteiger partial charge in [-0.3, -0.25) is 0 Å². The molecule has 186 valence electrons. The van der Waals surface area contributed by atoms with E-state index in [1.54, 1.807) is 26.2 Å². The Morgan fingerprint density at radius 2 is 1.70 bits per heavy atom. The van der Waals surface area contributed by atoms with Gasteiger partial charge in [0.15, 0.2) is 0 Å². The van der Waals surface area contributed by atoms with Crippen molar-refractivity contribution in [1.82, 2.24) is 14.9 Å². The fourth-order valence-corrected chi connectivity index (χ4v) is 4.36. The fourth-order valence-electron chi connectivity index (χ4n) is 4.36. The molecule has 0 unspecified atom stereocenters. The first-order valence-corrected chi connectivity index (χ1v) is 11.7. The van der Waals surface area contributed by atoms with E-state index in [1.165, 1.54) is 0 Å². The highest BCUT2D eigenvalue weighted by atomic mass is 16.5. The van der Waals surface area contributed by atoms with Gasteiger partial charge in [-0.05, 0) is 43.2 Å². The number of ether oxygens (including phenoxy) is 1. The molecule has 8 nitrogen and oxygen atoms in total. The number of aromatic nitrogens is 2. The molecule has 0 aliphatic carbocycles. The number of fused-ring (bicyclic) bond motifs is 1. The highest BCUT2D eigenvalue weighted by molar-refractivity contribution is 6.29. The number of para-hydroxylation sites is 1. The van der Waals surface area contributed by atoms with Gasteiger partial charge in [-0.25, -0.2) is 14.6 Å². The summed E-state index contributed by atoms with van der Waals surface area (Å²) >= 11 is 0. The van der Waals surface area contributed by atoms with Crippen LogP contribution in [0.5, 0.6) is 5.75 Å². The number of amides is 1. The molecular formula is C29H26N4O4. The largest absolute Gasteiger partial charge is 0.465 e. The molecule has 4 aromatic rings. The van der Waals surface area contributed by atoms with Crippen LogP contribution in [0.1, 0.15) is 30.5 Å². The third-order valence-corrected chi connectivity index (χ3v) is 6.28. The van der Waals surface area contributed by atoms with Crippen LogP contribution >= 0.6 is 0 Å². The summed E-state index contributed by atoms with van der Waals surface area (Å²) in [6.45, 7) is 3.59. The summed E-state index contributed by atoms with van der Waals surface area (Å²) in [5.74, 6) is 0.0708. The van der Waals surface area contributed by atoms with Gasteiger partial charge in [-0.1, -0.05) is 54.6 Å². The van der Waals surface area contributed by atoms with Gasteiger partial charge in [0.25, 0.3) is 0 Å². The summed E-state index contributed by atoms with van der Waals surface area (Å²) in [7, 11) is 1.92. The van der Waals surface area contributed by atoms with Gasteiger partial charge in [0.2, 0.25) is 0 Å². The number of carboxylic acid groups (broad SMARTS) is 1. The number of carbonyl (C=O) groups is 2. The predicted octanol–water partition coefficient (Wildman–Crippen LogP) is 5.49. The number of nitrogens with zero attached hydrogens (tertiary/aromatic N) is 2. The van der Waals surface area contributed by atoms with Gasteiger partial charge in [-0.15, -0.1) is 0 Å². The number of carbonyl (C=O) groups excluding carboxylic acids is 1. The molecule has 0 saturated carbocycles. The highest BCUT2D eigenvalue weighted by Gasteiger charge is 2.31. The second-order valence-electron chi connectivity index (χ2n) is 9.39. The lowest BCUT2D eigenvalue weighted by Gasteiger charge is -2.25. The number of aryl methyl sites for hydroxylation is 1. The number of anilines is 1. The van der Waals surface area contributed by atoms with E-state index in [2.05, 4.69) is 15.6 Å². The van der Waals surface area contributed by atoms with Crippen LogP contribution in [0.15, 0.2) is 85.3 Å². The maximum atomic E-state index is 13.0. The van der Waals surface area contributed by atoms with E-state index in [-0.39, 0.29) is 0 Å². The van der Waals surface area contributed by atoms with Crippen molar-refractivity contribution in [1.29, 1.82) is 0 Å². The van der Waals surface area contributed by atoms with Crippen LogP contribution < -0.4 is 15.4 Å². The minimum atomic E-state index is -1.10. The molecule has 0 saturated heterocycles. The van der Waals surface area contributed by atoms with Gasteiger partial charge < -0.3 is 25.0 Å². The Hall–Kier alpha value is -4.85. The third kappa shape index (κ3) is 4.81. The number of nitrogens with one attached hydrogen (secondary N) is 2. The zero-order valence-electron chi connectivity index (χ0n) is 20.6. The fraction of sp³-hybridized carbons (Fsp3) is 0.138. The number of rotatable bonds is 6. The second-order valence-corrected chi connectivity index (χ2v) is 9.39. The Kier molecular flexibility index (Phi) is 6.01. The normalized spacial score (nSPS) is 14.1. The maximum Gasteiger partial charge on any atom is 0.405 e. The highest BCUT2D eigenvalue weighted by Crippen LogP contribution is 2.39. The van der Waals surface area contributed by atoms with E-state index in [9.17, 15) is 14.7 Å². The second kappa shape index (κ2) is 9.31.